The topological polar surface area (TPSA) is 64.7 Å². The summed E-state index contributed by atoms with van der Waals surface area (Å²) in [5, 5.41) is 4.90. The molecule has 2 saturated heterocycles. The Morgan fingerprint density at radius 1 is 1.03 bits per heavy atom. The maximum absolute atomic E-state index is 14.9. The molecule has 0 aromatic heterocycles. The normalized spacial score (nSPS) is 20.8. The van der Waals surface area contributed by atoms with E-state index >= 15 is 0 Å². The molecule has 0 aliphatic carbocycles. The van der Waals surface area contributed by atoms with Gasteiger partial charge in [0.2, 0.25) is 5.91 Å². The molecule has 176 valence electrons. The summed E-state index contributed by atoms with van der Waals surface area (Å²) in [6, 6.07) is 4.47. The number of benzene rings is 2. The molecule has 2 fully saturated rings. The van der Waals surface area contributed by atoms with E-state index in [-0.39, 0.29) is 54.6 Å². The van der Waals surface area contributed by atoms with Crippen molar-refractivity contribution in [3.63, 3.8) is 0 Å². The number of carbonyl (C=O) groups excluding carboxylic acids is 2. The SMILES string of the molecule is O=C(Nc1ccc(Cl)cc1F)NC1CCCN(c2ccc(N3CCC(F)C3)c(F)c2F)C1=O. The fraction of sp³-hybridized carbons (Fsp3) is 0.364. The number of halogens is 5. The van der Waals surface area contributed by atoms with Gasteiger partial charge in [0.1, 0.15) is 18.0 Å². The molecular weight excluding hydrogens is 464 g/mol. The summed E-state index contributed by atoms with van der Waals surface area (Å²) < 4.78 is 57.0. The second-order valence-electron chi connectivity index (χ2n) is 7.97. The van der Waals surface area contributed by atoms with Crippen LogP contribution >= 0.6 is 11.6 Å². The number of urea groups is 1. The molecule has 4 rings (SSSR count). The maximum Gasteiger partial charge on any atom is 0.319 e. The zero-order valence-corrected chi connectivity index (χ0v) is 18.1. The molecule has 0 spiro atoms. The molecule has 0 radical (unpaired) electrons. The monoisotopic (exact) mass is 484 g/mol. The minimum atomic E-state index is -1.21. The minimum Gasteiger partial charge on any atom is -0.366 e. The van der Waals surface area contributed by atoms with Crippen molar-refractivity contribution in [2.24, 2.45) is 0 Å². The summed E-state index contributed by atoms with van der Waals surface area (Å²) in [5.74, 6) is -3.73. The molecule has 11 heteroatoms. The lowest BCUT2D eigenvalue weighted by atomic mass is 10.0. The van der Waals surface area contributed by atoms with Crippen molar-refractivity contribution < 1.29 is 27.2 Å². The molecule has 2 aliphatic heterocycles. The van der Waals surface area contributed by atoms with Crippen LogP contribution in [0.5, 0.6) is 0 Å². The van der Waals surface area contributed by atoms with Crippen LogP contribution in [0.15, 0.2) is 30.3 Å². The van der Waals surface area contributed by atoms with E-state index in [2.05, 4.69) is 10.6 Å². The van der Waals surface area contributed by atoms with Gasteiger partial charge >= 0.3 is 6.03 Å². The number of nitrogens with zero attached hydrogens (tertiary/aromatic N) is 2. The van der Waals surface area contributed by atoms with E-state index in [0.29, 0.717) is 6.42 Å². The van der Waals surface area contributed by atoms with Gasteiger partial charge in [0.25, 0.3) is 0 Å². The van der Waals surface area contributed by atoms with Crippen LogP contribution < -0.4 is 20.4 Å². The molecule has 33 heavy (non-hydrogen) atoms. The number of amides is 3. The molecule has 2 aromatic carbocycles. The third-order valence-electron chi connectivity index (χ3n) is 5.73. The Morgan fingerprint density at radius 3 is 2.45 bits per heavy atom. The van der Waals surface area contributed by atoms with E-state index in [1.807, 2.05) is 0 Å². The highest BCUT2D eigenvalue weighted by Crippen LogP contribution is 2.33. The van der Waals surface area contributed by atoms with E-state index in [9.17, 15) is 27.2 Å². The van der Waals surface area contributed by atoms with Gasteiger partial charge in [0, 0.05) is 24.7 Å². The lowest BCUT2D eigenvalue weighted by molar-refractivity contribution is -0.121. The van der Waals surface area contributed by atoms with Crippen molar-refractivity contribution in [1.29, 1.82) is 0 Å². The van der Waals surface area contributed by atoms with Crippen molar-refractivity contribution in [3.8, 4) is 0 Å². The zero-order valence-electron chi connectivity index (χ0n) is 17.4. The number of nitrogens with one attached hydrogen (secondary N) is 2. The molecule has 0 bridgehead atoms. The van der Waals surface area contributed by atoms with Crippen LogP contribution in [0.3, 0.4) is 0 Å². The summed E-state index contributed by atoms with van der Waals surface area (Å²) in [4.78, 5) is 27.7. The first-order valence-corrected chi connectivity index (χ1v) is 10.8. The number of anilines is 3. The Bertz CT molecular complexity index is 1090. The van der Waals surface area contributed by atoms with Crippen LogP contribution in [0.1, 0.15) is 19.3 Å². The summed E-state index contributed by atoms with van der Waals surface area (Å²) in [6.45, 7) is 0.388. The first-order chi connectivity index (χ1) is 15.7. The van der Waals surface area contributed by atoms with Crippen molar-refractivity contribution in [2.75, 3.05) is 34.8 Å². The standard InChI is InChI=1S/C22H21ClF4N4O2/c23-12-3-4-15(14(25)10-12)28-22(33)29-16-2-1-8-31(21(16)32)18-6-5-17(19(26)20(18)27)30-9-7-13(24)11-30/h3-6,10,13,16H,1-2,7-9,11H2,(H2,28,29,33). The van der Waals surface area contributed by atoms with Crippen molar-refractivity contribution >= 4 is 40.6 Å². The molecular formula is C22H21ClF4N4O2. The smallest absolute Gasteiger partial charge is 0.319 e. The minimum absolute atomic E-state index is 0.0202. The largest absolute Gasteiger partial charge is 0.366 e. The molecule has 2 aromatic rings. The Labute approximate surface area is 192 Å². The highest BCUT2D eigenvalue weighted by Gasteiger charge is 2.34. The quantitative estimate of drug-likeness (QED) is 0.622. The summed E-state index contributed by atoms with van der Waals surface area (Å²) in [6.07, 6.45) is -0.164. The van der Waals surface area contributed by atoms with Gasteiger partial charge in [-0.2, -0.15) is 0 Å². The van der Waals surface area contributed by atoms with E-state index < -0.39 is 41.6 Å². The Hall–Kier alpha value is -3.01. The lowest BCUT2D eigenvalue weighted by Crippen LogP contribution is -2.53. The van der Waals surface area contributed by atoms with Gasteiger partial charge in [0.15, 0.2) is 11.6 Å². The van der Waals surface area contributed by atoms with E-state index in [1.165, 1.54) is 29.2 Å². The van der Waals surface area contributed by atoms with Gasteiger partial charge in [-0.25, -0.2) is 22.4 Å². The average Bonchev–Trinajstić information content (AvgIpc) is 3.20. The third-order valence-corrected chi connectivity index (χ3v) is 5.96. The van der Waals surface area contributed by atoms with Crippen LogP contribution in [-0.2, 0) is 4.79 Å². The second-order valence-corrected chi connectivity index (χ2v) is 8.41. The summed E-state index contributed by atoms with van der Waals surface area (Å²) >= 11 is 5.68. The van der Waals surface area contributed by atoms with Crippen molar-refractivity contribution in [2.45, 2.75) is 31.5 Å². The third kappa shape index (κ3) is 4.85. The van der Waals surface area contributed by atoms with E-state index in [0.717, 1.165) is 11.0 Å². The number of rotatable bonds is 4. The molecule has 2 aliphatic rings. The summed E-state index contributed by atoms with van der Waals surface area (Å²) in [7, 11) is 0. The van der Waals surface area contributed by atoms with E-state index in [1.54, 1.807) is 0 Å². The molecule has 6 nitrogen and oxygen atoms in total. The van der Waals surface area contributed by atoms with Gasteiger partial charge in [-0.1, -0.05) is 11.6 Å². The van der Waals surface area contributed by atoms with E-state index in [4.69, 9.17) is 11.6 Å². The predicted molar refractivity (Wildman–Crippen MR) is 117 cm³/mol. The van der Waals surface area contributed by atoms with Crippen LogP contribution in [0.4, 0.5) is 39.4 Å². The zero-order chi connectivity index (χ0) is 23.7. The van der Waals surface area contributed by atoms with Crippen LogP contribution in [0.25, 0.3) is 0 Å². The maximum atomic E-state index is 14.9. The van der Waals surface area contributed by atoms with Crippen LogP contribution in [0, 0.1) is 17.5 Å². The van der Waals surface area contributed by atoms with Gasteiger partial charge in [-0.05, 0) is 49.6 Å². The van der Waals surface area contributed by atoms with Crippen LogP contribution in [0.2, 0.25) is 5.02 Å². The Kier molecular flexibility index (Phi) is 6.64. The lowest BCUT2D eigenvalue weighted by Gasteiger charge is -2.33. The molecule has 2 heterocycles. The summed E-state index contributed by atoms with van der Waals surface area (Å²) in [5.41, 5.74) is -0.439. The predicted octanol–water partition coefficient (Wildman–Crippen LogP) is 4.62. The number of carbonyl (C=O) groups is 2. The molecule has 2 N–H and O–H groups in total. The molecule has 2 unspecified atom stereocenters. The van der Waals surface area contributed by atoms with Gasteiger partial charge in [0.05, 0.1) is 17.1 Å². The van der Waals surface area contributed by atoms with Crippen LogP contribution in [-0.4, -0.2) is 43.8 Å². The van der Waals surface area contributed by atoms with Gasteiger partial charge < -0.3 is 20.4 Å². The highest BCUT2D eigenvalue weighted by molar-refractivity contribution is 6.30. The van der Waals surface area contributed by atoms with Gasteiger partial charge in [-0.3, -0.25) is 4.79 Å². The highest BCUT2D eigenvalue weighted by atomic mass is 35.5. The number of hydrogen-bond acceptors (Lipinski definition) is 3. The van der Waals surface area contributed by atoms with Crippen molar-refractivity contribution in [1.82, 2.24) is 5.32 Å². The Balaban J connectivity index is 1.47. The number of hydrogen-bond donors (Lipinski definition) is 2. The molecule has 3 amide bonds. The fourth-order valence-electron chi connectivity index (χ4n) is 4.07. The first kappa shape index (κ1) is 23.2. The average molecular weight is 485 g/mol. The number of alkyl halides is 1. The Morgan fingerprint density at radius 2 is 1.76 bits per heavy atom. The van der Waals surface area contributed by atoms with Gasteiger partial charge in [-0.15, -0.1) is 0 Å². The number of piperidine rings is 1. The molecule has 0 saturated carbocycles. The first-order valence-electron chi connectivity index (χ1n) is 10.5. The molecule has 2 atom stereocenters. The fourth-order valence-corrected chi connectivity index (χ4v) is 4.23. The van der Waals surface area contributed by atoms with Crippen molar-refractivity contribution in [3.05, 3.63) is 52.8 Å². The second kappa shape index (κ2) is 9.46.